The van der Waals surface area contributed by atoms with Crippen LogP contribution in [0.25, 0.3) is 27.9 Å². The second kappa shape index (κ2) is 8.19. The lowest BCUT2D eigenvalue weighted by Crippen LogP contribution is -2.29. The van der Waals surface area contributed by atoms with Crippen LogP contribution in [0.3, 0.4) is 0 Å². The Hall–Kier alpha value is -4.28. The van der Waals surface area contributed by atoms with Crippen molar-refractivity contribution in [1.82, 2.24) is 24.4 Å². The number of pyridine rings is 1. The largest absolute Gasteiger partial charge is 0.366 e. The van der Waals surface area contributed by atoms with Crippen LogP contribution in [0.5, 0.6) is 0 Å². The van der Waals surface area contributed by atoms with Gasteiger partial charge >= 0.3 is 0 Å². The van der Waals surface area contributed by atoms with Crippen LogP contribution >= 0.6 is 0 Å². The van der Waals surface area contributed by atoms with Gasteiger partial charge in [0.1, 0.15) is 11.9 Å². The minimum absolute atomic E-state index is 0.0263. The quantitative estimate of drug-likeness (QED) is 0.334. The average Bonchev–Trinajstić information content (AvgIpc) is 3.41. The highest BCUT2D eigenvalue weighted by molar-refractivity contribution is 5.75. The molecule has 2 N–H and O–H groups in total. The number of aromatic nitrogens is 5. The molecule has 2 aromatic carbocycles. The fraction of sp³-hybridized carbons (Fsp3) is 0.125. The molecule has 11 heteroatoms. The summed E-state index contributed by atoms with van der Waals surface area (Å²) in [5.74, 6) is -5.99. The van der Waals surface area contributed by atoms with E-state index in [1.54, 1.807) is 0 Å². The lowest BCUT2D eigenvalue weighted by atomic mass is 10.00. The van der Waals surface area contributed by atoms with Gasteiger partial charge in [0.2, 0.25) is 5.95 Å². The molecular weight excluding hydrogens is 467 g/mol. The molecule has 0 spiro atoms. The van der Waals surface area contributed by atoms with E-state index in [-0.39, 0.29) is 28.2 Å². The van der Waals surface area contributed by atoms with Crippen LogP contribution in [0.2, 0.25) is 0 Å². The molecule has 5 aromatic rings. The van der Waals surface area contributed by atoms with Crippen molar-refractivity contribution in [2.75, 3.05) is 5.73 Å². The number of nitrogens with zero attached hydrogens (tertiary/aromatic N) is 5. The number of hydrogen-bond acceptors (Lipinski definition) is 4. The summed E-state index contributed by atoms with van der Waals surface area (Å²) in [6.07, 6.45) is 4.10. The third kappa shape index (κ3) is 4.20. The molecule has 0 saturated heterocycles. The summed E-state index contributed by atoms with van der Waals surface area (Å²) in [7, 11) is 0. The third-order valence-electron chi connectivity index (χ3n) is 5.56. The SMILES string of the molecule is CC(F)(F)[C@@H](c1ccc(F)cc1)n1cc(-c2cc(F)c(F)c(-c3ccn4nc(N)nc4c3)c2)cn1. The van der Waals surface area contributed by atoms with Gasteiger partial charge in [0.05, 0.1) is 6.20 Å². The molecule has 0 unspecified atom stereocenters. The second-order valence-electron chi connectivity index (χ2n) is 8.13. The summed E-state index contributed by atoms with van der Waals surface area (Å²) in [5.41, 5.74) is 6.83. The van der Waals surface area contributed by atoms with Gasteiger partial charge in [0, 0.05) is 30.4 Å². The first-order valence-corrected chi connectivity index (χ1v) is 10.4. The topological polar surface area (TPSA) is 74.0 Å². The molecule has 0 aliphatic carbocycles. The number of halogens is 5. The first kappa shape index (κ1) is 22.5. The smallest absolute Gasteiger partial charge is 0.271 e. The van der Waals surface area contributed by atoms with E-state index in [1.165, 1.54) is 53.4 Å². The molecule has 0 aliphatic rings. The van der Waals surface area contributed by atoms with Crippen molar-refractivity contribution in [3.05, 3.63) is 90.1 Å². The lowest BCUT2D eigenvalue weighted by molar-refractivity contribution is -0.0217. The van der Waals surface area contributed by atoms with Crippen molar-refractivity contribution in [1.29, 1.82) is 0 Å². The molecule has 0 saturated carbocycles. The molecule has 0 amide bonds. The van der Waals surface area contributed by atoms with E-state index in [1.807, 2.05) is 0 Å². The van der Waals surface area contributed by atoms with Crippen LogP contribution in [0.15, 0.2) is 67.1 Å². The Bertz CT molecular complexity index is 1530. The summed E-state index contributed by atoms with van der Waals surface area (Å²) in [6.45, 7) is 0.728. The summed E-state index contributed by atoms with van der Waals surface area (Å²) in [6, 6.07) is 8.50. The molecule has 1 atom stereocenters. The predicted molar refractivity (Wildman–Crippen MR) is 119 cm³/mol. The van der Waals surface area contributed by atoms with Crippen LogP contribution in [0, 0.1) is 17.5 Å². The zero-order valence-electron chi connectivity index (χ0n) is 18.1. The Labute approximate surface area is 195 Å². The van der Waals surface area contributed by atoms with Crippen molar-refractivity contribution in [2.45, 2.75) is 18.9 Å². The molecule has 35 heavy (non-hydrogen) atoms. The van der Waals surface area contributed by atoms with E-state index in [0.29, 0.717) is 11.2 Å². The Balaban J connectivity index is 1.57. The maximum absolute atomic E-state index is 14.7. The van der Waals surface area contributed by atoms with E-state index in [4.69, 9.17) is 5.73 Å². The van der Waals surface area contributed by atoms with E-state index in [0.717, 1.165) is 29.8 Å². The molecule has 6 nitrogen and oxygen atoms in total. The van der Waals surface area contributed by atoms with Crippen LogP contribution in [-0.2, 0) is 0 Å². The highest BCUT2D eigenvalue weighted by Gasteiger charge is 2.37. The molecular formula is C24H17F5N6. The van der Waals surface area contributed by atoms with Crippen molar-refractivity contribution >= 4 is 11.6 Å². The van der Waals surface area contributed by atoms with E-state index in [2.05, 4.69) is 15.2 Å². The Morgan fingerprint density at radius 3 is 2.40 bits per heavy atom. The number of rotatable bonds is 5. The maximum Gasteiger partial charge on any atom is 0.271 e. The summed E-state index contributed by atoms with van der Waals surface area (Å²) < 4.78 is 74.1. The number of fused-ring (bicyclic) bond motifs is 1. The molecule has 0 radical (unpaired) electrons. The van der Waals surface area contributed by atoms with Crippen LogP contribution in [0.4, 0.5) is 27.9 Å². The second-order valence-corrected chi connectivity index (χ2v) is 8.13. The Morgan fingerprint density at radius 2 is 1.69 bits per heavy atom. The minimum atomic E-state index is -3.25. The van der Waals surface area contributed by atoms with Gasteiger partial charge in [-0.3, -0.25) is 4.68 Å². The van der Waals surface area contributed by atoms with Gasteiger partial charge in [-0.05, 0) is 53.1 Å². The highest BCUT2D eigenvalue weighted by atomic mass is 19.3. The predicted octanol–water partition coefficient (Wildman–Crippen LogP) is 5.50. The number of hydrogen-bond donors (Lipinski definition) is 1. The maximum atomic E-state index is 14.7. The lowest BCUT2D eigenvalue weighted by Gasteiger charge is -2.24. The van der Waals surface area contributed by atoms with Crippen molar-refractivity contribution in [3.63, 3.8) is 0 Å². The molecule has 5 rings (SSSR count). The van der Waals surface area contributed by atoms with Gasteiger partial charge in [-0.15, -0.1) is 5.10 Å². The molecule has 3 aromatic heterocycles. The monoisotopic (exact) mass is 484 g/mol. The number of nitrogen functional groups attached to an aromatic ring is 1. The van der Waals surface area contributed by atoms with Crippen LogP contribution < -0.4 is 5.73 Å². The van der Waals surface area contributed by atoms with Gasteiger partial charge in [-0.25, -0.2) is 26.5 Å². The van der Waals surface area contributed by atoms with Crippen LogP contribution in [0.1, 0.15) is 18.5 Å². The Morgan fingerprint density at radius 1 is 0.943 bits per heavy atom. The first-order valence-electron chi connectivity index (χ1n) is 10.4. The van der Waals surface area contributed by atoms with Crippen molar-refractivity contribution < 1.29 is 22.0 Å². The van der Waals surface area contributed by atoms with Crippen molar-refractivity contribution in [2.24, 2.45) is 0 Å². The summed E-state index contributed by atoms with van der Waals surface area (Å²) in [4.78, 5) is 4.02. The van der Waals surface area contributed by atoms with Gasteiger partial charge in [0.25, 0.3) is 5.92 Å². The summed E-state index contributed by atoms with van der Waals surface area (Å²) >= 11 is 0. The number of alkyl halides is 2. The zero-order chi connectivity index (χ0) is 24.9. The number of nitrogens with two attached hydrogens (primary N) is 1. The fourth-order valence-corrected chi connectivity index (χ4v) is 3.98. The zero-order valence-corrected chi connectivity index (χ0v) is 18.1. The number of benzene rings is 2. The number of anilines is 1. The molecule has 0 aliphatic heterocycles. The van der Waals surface area contributed by atoms with Crippen molar-refractivity contribution in [3.8, 4) is 22.3 Å². The summed E-state index contributed by atoms with van der Waals surface area (Å²) in [5, 5.41) is 7.99. The fourth-order valence-electron chi connectivity index (χ4n) is 3.98. The average molecular weight is 484 g/mol. The van der Waals surface area contributed by atoms with Gasteiger partial charge in [0.15, 0.2) is 17.3 Å². The molecule has 3 heterocycles. The molecule has 0 bridgehead atoms. The third-order valence-corrected chi connectivity index (χ3v) is 5.56. The first-order chi connectivity index (χ1) is 16.6. The van der Waals surface area contributed by atoms with E-state index < -0.39 is 29.4 Å². The van der Waals surface area contributed by atoms with Gasteiger partial charge < -0.3 is 5.73 Å². The molecule has 178 valence electrons. The van der Waals surface area contributed by atoms with E-state index >= 15 is 0 Å². The van der Waals surface area contributed by atoms with Crippen LogP contribution in [-0.4, -0.2) is 30.3 Å². The van der Waals surface area contributed by atoms with E-state index in [9.17, 15) is 22.0 Å². The molecule has 0 fully saturated rings. The standard InChI is InChI=1S/C24H17F5N6/c1-24(28,29)22(13-2-4-17(25)5-3-13)35-12-16(11-31-35)15-8-18(21(27)19(26)9-15)14-6-7-34-20(10-14)32-23(30)33-34/h2-12,22H,1H3,(H2,30,33)/t22-/m1/s1. The van der Waals surface area contributed by atoms with Gasteiger partial charge in [-0.2, -0.15) is 10.1 Å². The normalized spacial score (nSPS) is 12.9. The Kier molecular flexibility index (Phi) is 5.27. The van der Waals surface area contributed by atoms with Gasteiger partial charge in [-0.1, -0.05) is 12.1 Å². The highest BCUT2D eigenvalue weighted by Crippen LogP contribution is 2.36. The minimum Gasteiger partial charge on any atom is -0.366 e.